The molecular formula is C23H18N2O3. The molecule has 0 aliphatic carbocycles. The molecule has 1 N–H and O–H groups in total. The van der Waals surface area contributed by atoms with Crippen LogP contribution in [0.3, 0.4) is 0 Å². The molecule has 3 rings (SSSR count). The summed E-state index contributed by atoms with van der Waals surface area (Å²) in [6.45, 7) is 0.253. The number of benzene rings is 3. The third kappa shape index (κ3) is 4.43. The van der Waals surface area contributed by atoms with Crippen LogP contribution in [0.1, 0.15) is 31.8 Å². The van der Waals surface area contributed by atoms with Crippen molar-refractivity contribution in [2.24, 2.45) is 0 Å². The Bertz CT molecular complexity index is 1050. The molecule has 3 aromatic rings. The monoisotopic (exact) mass is 370 g/mol. The van der Waals surface area contributed by atoms with E-state index in [4.69, 9.17) is 10.00 Å². The fourth-order valence-electron chi connectivity index (χ4n) is 2.84. The SMILES string of the molecule is COC(=O)c1cc(CNC(=O)c2ccccc2)cc(-c2cccc(C#N)c2)c1. The molecule has 138 valence electrons. The molecule has 28 heavy (non-hydrogen) atoms. The van der Waals surface area contributed by atoms with E-state index in [-0.39, 0.29) is 12.5 Å². The number of ether oxygens (including phenoxy) is 1. The van der Waals surface area contributed by atoms with Crippen LogP contribution >= 0.6 is 0 Å². The van der Waals surface area contributed by atoms with Crippen LogP contribution < -0.4 is 5.32 Å². The normalized spacial score (nSPS) is 10.0. The van der Waals surface area contributed by atoms with Gasteiger partial charge in [-0.15, -0.1) is 0 Å². The zero-order valence-corrected chi connectivity index (χ0v) is 15.3. The molecular weight excluding hydrogens is 352 g/mol. The second-order valence-corrected chi connectivity index (χ2v) is 6.15. The van der Waals surface area contributed by atoms with Crippen LogP contribution in [0, 0.1) is 11.3 Å². The Balaban J connectivity index is 1.91. The largest absolute Gasteiger partial charge is 0.465 e. The van der Waals surface area contributed by atoms with Gasteiger partial charge < -0.3 is 10.1 Å². The molecule has 3 aromatic carbocycles. The van der Waals surface area contributed by atoms with Crippen LogP contribution in [0.25, 0.3) is 11.1 Å². The number of carbonyl (C=O) groups is 2. The summed E-state index contributed by atoms with van der Waals surface area (Å²) < 4.78 is 4.84. The van der Waals surface area contributed by atoms with E-state index in [2.05, 4.69) is 11.4 Å². The van der Waals surface area contributed by atoms with E-state index in [1.807, 2.05) is 18.2 Å². The lowest BCUT2D eigenvalue weighted by Crippen LogP contribution is -2.22. The van der Waals surface area contributed by atoms with Crippen molar-refractivity contribution < 1.29 is 14.3 Å². The van der Waals surface area contributed by atoms with E-state index >= 15 is 0 Å². The number of hydrogen-bond acceptors (Lipinski definition) is 4. The van der Waals surface area contributed by atoms with Crippen LogP contribution in [0.15, 0.2) is 72.8 Å². The highest BCUT2D eigenvalue weighted by atomic mass is 16.5. The smallest absolute Gasteiger partial charge is 0.337 e. The zero-order valence-electron chi connectivity index (χ0n) is 15.3. The summed E-state index contributed by atoms with van der Waals surface area (Å²) in [6, 6.07) is 23.4. The Morgan fingerprint density at radius 1 is 0.929 bits per heavy atom. The number of methoxy groups -OCH3 is 1. The first-order valence-electron chi connectivity index (χ1n) is 8.67. The zero-order chi connectivity index (χ0) is 19.9. The minimum Gasteiger partial charge on any atom is -0.465 e. The molecule has 0 saturated carbocycles. The van der Waals surface area contributed by atoms with Crippen LogP contribution in [-0.2, 0) is 11.3 Å². The highest BCUT2D eigenvalue weighted by Gasteiger charge is 2.12. The summed E-state index contributed by atoms with van der Waals surface area (Å²) in [4.78, 5) is 24.4. The second kappa shape index (κ2) is 8.65. The summed E-state index contributed by atoms with van der Waals surface area (Å²) in [6.07, 6.45) is 0. The number of nitrogens with zero attached hydrogens (tertiary/aromatic N) is 1. The third-order valence-electron chi connectivity index (χ3n) is 4.23. The van der Waals surface area contributed by atoms with Crippen molar-refractivity contribution >= 4 is 11.9 Å². The van der Waals surface area contributed by atoms with Crippen LogP contribution in [0.4, 0.5) is 0 Å². The van der Waals surface area contributed by atoms with Gasteiger partial charge in [0.15, 0.2) is 0 Å². The number of carbonyl (C=O) groups excluding carboxylic acids is 2. The van der Waals surface area contributed by atoms with Gasteiger partial charge in [-0.3, -0.25) is 4.79 Å². The van der Waals surface area contributed by atoms with E-state index in [1.165, 1.54) is 7.11 Å². The number of nitrogens with one attached hydrogen (secondary N) is 1. The quantitative estimate of drug-likeness (QED) is 0.690. The number of nitriles is 1. The molecule has 5 nitrogen and oxygen atoms in total. The first kappa shape index (κ1) is 18.9. The van der Waals surface area contributed by atoms with E-state index in [9.17, 15) is 9.59 Å². The molecule has 0 radical (unpaired) electrons. The molecule has 1 amide bonds. The predicted molar refractivity (Wildman–Crippen MR) is 106 cm³/mol. The summed E-state index contributed by atoms with van der Waals surface area (Å²) in [5.74, 6) is -0.661. The van der Waals surface area contributed by atoms with Crippen molar-refractivity contribution in [2.45, 2.75) is 6.54 Å². The fraction of sp³-hybridized carbons (Fsp3) is 0.0870. The van der Waals surface area contributed by atoms with Crippen molar-refractivity contribution in [3.63, 3.8) is 0 Å². The molecule has 0 atom stereocenters. The summed E-state index contributed by atoms with van der Waals surface area (Å²) in [5, 5.41) is 12.0. The number of esters is 1. The average Bonchev–Trinajstić information content (AvgIpc) is 2.77. The summed E-state index contributed by atoms with van der Waals surface area (Å²) >= 11 is 0. The molecule has 0 fully saturated rings. The standard InChI is InChI=1S/C23H18N2O3/c1-28-23(27)21-12-17(15-25-22(26)18-7-3-2-4-8-18)11-20(13-21)19-9-5-6-16(10-19)14-24/h2-13H,15H2,1H3,(H,25,26). The van der Waals surface area contributed by atoms with Gasteiger partial charge >= 0.3 is 5.97 Å². The molecule has 0 heterocycles. The first-order valence-corrected chi connectivity index (χ1v) is 8.67. The fourth-order valence-corrected chi connectivity index (χ4v) is 2.84. The van der Waals surface area contributed by atoms with Gasteiger partial charge in [0.1, 0.15) is 0 Å². The Morgan fingerprint density at radius 2 is 1.71 bits per heavy atom. The lowest BCUT2D eigenvalue weighted by molar-refractivity contribution is 0.0600. The Kier molecular flexibility index (Phi) is 5.83. The van der Waals surface area contributed by atoms with Crippen LogP contribution in [-0.4, -0.2) is 19.0 Å². The van der Waals surface area contributed by atoms with Crippen molar-refractivity contribution in [1.29, 1.82) is 5.26 Å². The van der Waals surface area contributed by atoms with Crippen molar-refractivity contribution in [3.05, 3.63) is 95.1 Å². The first-order chi connectivity index (χ1) is 13.6. The van der Waals surface area contributed by atoms with E-state index in [0.717, 1.165) is 16.7 Å². The highest BCUT2D eigenvalue weighted by Crippen LogP contribution is 2.24. The van der Waals surface area contributed by atoms with E-state index in [0.29, 0.717) is 16.7 Å². The topological polar surface area (TPSA) is 79.2 Å². The van der Waals surface area contributed by atoms with Crippen molar-refractivity contribution in [2.75, 3.05) is 7.11 Å². The molecule has 0 unspecified atom stereocenters. The molecule has 0 bridgehead atoms. The minimum atomic E-state index is -0.464. The maximum absolute atomic E-state index is 12.3. The van der Waals surface area contributed by atoms with Crippen molar-refractivity contribution in [1.82, 2.24) is 5.32 Å². The minimum absolute atomic E-state index is 0.197. The van der Waals surface area contributed by atoms with Crippen molar-refractivity contribution in [3.8, 4) is 17.2 Å². The molecule has 5 heteroatoms. The number of hydrogen-bond donors (Lipinski definition) is 1. The molecule has 0 aromatic heterocycles. The second-order valence-electron chi connectivity index (χ2n) is 6.15. The Morgan fingerprint density at radius 3 is 2.43 bits per heavy atom. The van der Waals surface area contributed by atoms with Crippen LogP contribution in [0.5, 0.6) is 0 Å². The van der Waals surface area contributed by atoms with Crippen LogP contribution in [0.2, 0.25) is 0 Å². The molecule has 0 saturated heterocycles. The van der Waals surface area contributed by atoms with E-state index < -0.39 is 5.97 Å². The highest BCUT2D eigenvalue weighted by molar-refractivity contribution is 5.94. The number of amides is 1. The van der Waals surface area contributed by atoms with Gasteiger partial charge in [0.25, 0.3) is 5.91 Å². The van der Waals surface area contributed by atoms with Gasteiger partial charge in [-0.2, -0.15) is 5.26 Å². The van der Waals surface area contributed by atoms with Gasteiger partial charge in [0, 0.05) is 12.1 Å². The average molecular weight is 370 g/mol. The van der Waals surface area contributed by atoms with Gasteiger partial charge in [0.2, 0.25) is 0 Å². The molecule has 0 spiro atoms. The Hall–Kier alpha value is -3.91. The number of rotatable bonds is 5. The molecule has 0 aliphatic rings. The van der Waals surface area contributed by atoms with E-state index in [1.54, 1.807) is 54.6 Å². The maximum Gasteiger partial charge on any atom is 0.337 e. The lowest BCUT2D eigenvalue weighted by atomic mass is 9.98. The maximum atomic E-state index is 12.3. The summed E-state index contributed by atoms with van der Waals surface area (Å²) in [7, 11) is 1.32. The third-order valence-corrected chi connectivity index (χ3v) is 4.23. The van der Waals surface area contributed by atoms with Gasteiger partial charge in [-0.1, -0.05) is 30.3 Å². The predicted octanol–water partition coefficient (Wildman–Crippen LogP) is 3.94. The molecule has 0 aliphatic heterocycles. The van der Waals surface area contributed by atoms with Gasteiger partial charge in [-0.05, 0) is 59.2 Å². The van der Waals surface area contributed by atoms with Gasteiger partial charge in [0.05, 0.1) is 24.3 Å². The summed E-state index contributed by atoms with van der Waals surface area (Å²) in [5.41, 5.74) is 3.80. The lowest BCUT2D eigenvalue weighted by Gasteiger charge is -2.11. The Labute approximate surface area is 163 Å². The van der Waals surface area contributed by atoms with Gasteiger partial charge in [-0.25, -0.2) is 4.79 Å².